The van der Waals surface area contributed by atoms with Gasteiger partial charge in [0.25, 0.3) is 5.91 Å². The second kappa shape index (κ2) is 9.93. The number of benzene rings is 1. The first-order valence-corrected chi connectivity index (χ1v) is 12.3. The Morgan fingerprint density at radius 2 is 1.58 bits per heavy atom. The molecule has 0 aromatic heterocycles. The quantitative estimate of drug-likeness (QED) is 0.273. The summed E-state index contributed by atoms with van der Waals surface area (Å²) in [7, 11) is -4.13. The van der Waals surface area contributed by atoms with Crippen LogP contribution in [0.15, 0.2) is 35.2 Å². The fourth-order valence-corrected chi connectivity index (χ4v) is 6.64. The average Bonchev–Trinajstić information content (AvgIpc) is 3.31. The molecule has 3 rings (SSSR count). The minimum Gasteiger partial charge on any atom is -0.480 e. The summed E-state index contributed by atoms with van der Waals surface area (Å²) in [5, 5.41) is 19.0. The number of amides is 1. The summed E-state index contributed by atoms with van der Waals surface area (Å²) in [5.74, 6) is -2.31. The normalized spacial score (nSPS) is 20.5. The number of carboxylic acid groups (broad SMARTS) is 1. The first-order valence-electron chi connectivity index (χ1n) is 10.8. The van der Waals surface area contributed by atoms with Gasteiger partial charge in [-0.3, -0.25) is 14.8 Å². The van der Waals surface area contributed by atoms with Crippen molar-refractivity contribution in [2.24, 2.45) is 11.8 Å². The van der Waals surface area contributed by atoms with Crippen molar-refractivity contribution >= 4 is 28.0 Å². The fourth-order valence-electron chi connectivity index (χ4n) is 5.11. The summed E-state index contributed by atoms with van der Waals surface area (Å²) in [6, 6.07) is 5.94. The van der Waals surface area contributed by atoms with Crippen molar-refractivity contribution in [3.05, 3.63) is 35.9 Å². The van der Waals surface area contributed by atoms with Gasteiger partial charge in [0.1, 0.15) is 5.54 Å². The number of aliphatic carboxylic acids is 1. The van der Waals surface area contributed by atoms with Crippen LogP contribution in [0.2, 0.25) is 0 Å². The molecule has 31 heavy (non-hydrogen) atoms. The largest absolute Gasteiger partial charge is 0.480 e. The van der Waals surface area contributed by atoms with Crippen LogP contribution >= 0.6 is 0 Å². The van der Waals surface area contributed by atoms with Crippen LogP contribution in [-0.4, -0.2) is 36.1 Å². The molecular weight excluding hydrogens is 420 g/mol. The molecular formula is C22H30N2O6S. The van der Waals surface area contributed by atoms with Crippen LogP contribution in [0.4, 0.5) is 0 Å². The number of hydroxylamine groups is 1. The number of carbonyl (C=O) groups excluding carboxylic acids is 1. The predicted molar refractivity (Wildman–Crippen MR) is 115 cm³/mol. The molecule has 2 aliphatic carbocycles. The predicted octanol–water partition coefficient (Wildman–Crippen LogP) is 3.08. The van der Waals surface area contributed by atoms with Crippen molar-refractivity contribution in [2.75, 3.05) is 0 Å². The van der Waals surface area contributed by atoms with Gasteiger partial charge in [0, 0.05) is 6.08 Å². The number of hydrogen-bond donors (Lipinski definition) is 4. The monoisotopic (exact) mass is 450 g/mol. The molecule has 1 aromatic rings. The third-order valence-electron chi connectivity index (χ3n) is 6.61. The molecule has 0 spiro atoms. The number of sulfonamides is 1. The van der Waals surface area contributed by atoms with E-state index < -0.39 is 27.4 Å². The highest BCUT2D eigenvalue weighted by atomic mass is 32.2. The van der Waals surface area contributed by atoms with E-state index in [1.807, 2.05) is 0 Å². The zero-order valence-corrected chi connectivity index (χ0v) is 18.2. The van der Waals surface area contributed by atoms with E-state index in [9.17, 15) is 23.1 Å². The first-order chi connectivity index (χ1) is 14.8. The van der Waals surface area contributed by atoms with Crippen LogP contribution in [0, 0.1) is 11.8 Å². The minimum atomic E-state index is -4.13. The lowest BCUT2D eigenvalue weighted by molar-refractivity contribution is -0.150. The molecule has 2 saturated carbocycles. The Kier molecular flexibility index (Phi) is 7.51. The van der Waals surface area contributed by atoms with Gasteiger partial charge in [-0.2, -0.15) is 4.72 Å². The third kappa shape index (κ3) is 5.16. The van der Waals surface area contributed by atoms with E-state index in [-0.39, 0.29) is 16.7 Å². The van der Waals surface area contributed by atoms with Crippen LogP contribution in [-0.2, 0) is 19.6 Å². The van der Waals surface area contributed by atoms with Gasteiger partial charge in [-0.15, -0.1) is 0 Å². The summed E-state index contributed by atoms with van der Waals surface area (Å²) in [6.45, 7) is 0. The van der Waals surface area contributed by atoms with Crippen LogP contribution in [0.5, 0.6) is 0 Å². The van der Waals surface area contributed by atoms with Crippen molar-refractivity contribution in [3.8, 4) is 0 Å². The molecule has 1 amide bonds. The zero-order valence-electron chi connectivity index (χ0n) is 17.4. The number of hydrogen-bond acceptors (Lipinski definition) is 5. The molecule has 170 valence electrons. The minimum absolute atomic E-state index is 0.0570. The van der Waals surface area contributed by atoms with Crippen molar-refractivity contribution in [1.29, 1.82) is 0 Å². The van der Waals surface area contributed by atoms with Gasteiger partial charge < -0.3 is 5.11 Å². The average molecular weight is 451 g/mol. The zero-order chi connectivity index (χ0) is 22.5. The van der Waals surface area contributed by atoms with Crippen LogP contribution in [0.3, 0.4) is 0 Å². The van der Waals surface area contributed by atoms with Gasteiger partial charge in [-0.1, -0.05) is 44.2 Å². The maximum atomic E-state index is 13.4. The Morgan fingerprint density at radius 3 is 2.13 bits per heavy atom. The smallest absolute Gasteiger partial charge is 0.325 e. The second-order valence-electron chi connectivity index (χ2n) is 8.48. The van der Waals surface area contributed by atoms with E-state index in [0.29, 0.717) is 31.2 Å². The van der Waals surface area contributed by atoms with Crippen LogP contribution in [0.1, 0.15) is 63.4 Å². The molecule has 0 aliphatic heterocycles. The lowest BCUT2D eigenvalue weighted by Crippen LogP contribution is -2.63. The van der Waals surface area contributed by atoms with E-state index in [1.54, 1.807) is 6.07 Å². The summed E-state index contributed by atoms with van der Waals surface area (Å²) in [6.07, 6.45) is 9.89. The van der Waals surface area contributed by atoms with Crippen molar-refractivity contribution < 1.29 is 28.3 Å². The fraction of sp³-hybridized carbons (Fsp3) is 0.545. The van der Waals surface area contributed by atoms with Crippen molar-refractivity contribution in [1.82, 2.24) is 10.2 Å². The van der Waals surface area contributed by atoms with Crippen LogP contribution in [0.25, 0.3) is 6.08 Å². The van der Waals surface area contributed by atoms with Gasteiger partial charge in [0.15, 0.2) is 0 Å². The molecule has 9 heteroatoms. The van der Waals surface area contributed by atoms with Gasteiger partial charge in [0.05, 0.1) is 4.90 Å². The van der Waals surface area contributed by atoms with Crippen molar-refractivity contribution in [2.45, 2.75) is 68.2 Å². The molecule has 0 heterocycles. The number of rotatable bonds is 8. The van der Waals surface area contributed by atoms with Gasteiger partial charge in [-0.25, -0.2) is 13.9 Å². The molecule has 0 bridgehead atoms. The van der Waals surface area contributed by atoms with E-state index in [0.717, 1.165) is 38.2 Å². The highest BCUT2D eigenvalue weighted by Crippen LogP contribution is 2.44. The van der Waals surface area contributed by atoms with E-state index in [2.05, 4.69) is 4.72 Å². The summed E-state index contributed by atoms with van der Waals surface area (Å²) >= 11 is 0. The second-order valence-corrected chi connectivity index (χ2v) is 10.2. The van der Waals surface area contributed by atoms with Gasteiger partial charge in [-0.05, 0) is 61.3 Å². The maximum absolute atomic E-state index is 13.4. The number of nitrogens with one attached hydrogen (secondary N) is 2. The molecule has 4 N–H and O–H groups in total. The summed E-state index contributed by atoms with van der Waals surface area (Å²) in [5.41, 5.74) is 0.390. The number of carboxylic acids is 1. The summed E-state index contributed by atoms with van der Waals surface area (Å²) in [4.78, 5) is 23.8. The highest BCUT2D eigenvalue weighted by Gasteiger charge is 2.54. The van der Waals surface area contributed by atoms with Gasteiger partial charge in [0.2, 0.25) is 10.0 Å². The van der Waals surface area contributed by atoms with Gasteiger partial charge >= 0.3 is 5.97 Å². The molecule has 8 nitrogen and oxygen atoms in total. The van der Waals surface area contributed by atoms with E-state index in [4.69, 9.17) is 5.21 Å². The molecule has 2 fully saturated rings. The number of carbonyl (C=O) groups is 2. The Balaban J connectivity index is 1.97. The Labute approximate surface area is 182 Å². The molecule has 1 aromatic carbocycles. The first kappa shape index (κ1) is 23.4. The molecule has 0 unspecified atom stereocenters. The molecule has 0 saturated heterocycles. The van der Waals surface area contributed by atoms with Crippen LogP contribution < -0.4 is 10.2 Å². The van der Waals surface area contributed by atoms with E-state index >= 15 is 0 Å². The Morgan fingerprint density at radius 1 is 1.00 bits per heavy atom. The lowest BCUT2D eigenvalue weighted by atomic mass is 9.68. The standard InChI is InChI=1S/C22H30N2O6S/c25-20(23-28)14-13-16-7-6-12-19(15-16)31(29,30)24-22(21(26)27,18-10-4-5-11-18)17-8-2-1-3-9-17/h6-7,12-15,17-18,24,28H,1-5,8-11H2,(H,23,25)(H,26,27)/t22-/m1/s1. The topological polar surface area (TPSA) is 133 Å². The van der Waals surface area contributed by atoms with Crippen molar-refractivity contribution in [3.63, 3.8) is 0 Å². The third-order valence-corrected chi connectivity index (χ3v) is 8.09. The lowest BCUT2D eigenvalue weighted by Gasteiger charge is -2.43. The Bertz CT molecular complexity index is 933. The molecule has 1 atom stereocenters. The Hall–Kier alpha value is -2.23. The molecule has 0 radical (unpaired) electrons. The van der Waals surface area contributed by atoms with E-state index in [1.165, 1.54) is 29.8 Å². The molecule has 2 aliphatic rings. The maximum Gasteiger partial charge on any atom is 0.325 e. The summed E-state index contributed by atoms with van der Waals surface area (Å²) < 4.78 is 29.4. The highest BCUT2D eigenvalue weighted by molar-refractivity contribution is 7.89. The SMILES string of the molecule is O=C(C=Cc1cccc(S(=O)(=O)N[C@](C(=O)O)(C2CCCCC2)C2CCCC2)c1)NO.